The van der Waals surface area contributed by atoms with Gasteiger partial charge in [0.25, 0.3) is 11.5 Å². The molecule has 2 atom stereocenters. The molecule has 3 heterocycles. The molecule has 11 heteroatoms. The Bertz CT molecular complexity index is 1080. The molecule has 2 aliphatic carbocycles. The van der Waals surface area contributed by atoms with Gasteiger partial charge in [-0.2, -0.15) is 5.10 Å². The molecule has 0 spiro atoms. The number of carbonyl (C=O) groups excluding carboxylic acids is 1. The first-order valence-electron chi connectivity index (χ1n) is 11.2. The van der Waals surface area contributed by atoms with Crippen molar-refractivity contribution in [3.63, 3.8) is 0 Å². The first kappa shape index (κ1) is 21.4. The standard InChI is InChI=1S/C21H25F4N5O2/c22-20(23)5-3-12(4-6-20)30-17-15(11-26-30)18(31)28-16(27-17)13-1-2-14(13)19(32)29-9-7-21(24,25)8-10-29/h11-14H,1-10H2,(H,27,28,31)/t13-,14-/m0/s1. The number of piperidine rings is 1. The molecule has 1 saturated heterocycles. The van der Waals surface area contributed by atoms with Crippen LogP contribution in [0.4, 0.5) is 17.6 Å². The van der Waals surface area contributed by atoms with E-state index in [9.17, 15) is 27.2 Å². The lowest BCUT2D eigenvalue weighted by Crippen LogP contribution is -2.48. The fraction of sp³-hybridized carbons (Fsp3) is 0.714. The quantitative estimate of drug-likeness (QED) is 0.717. The Hall–Kier alpha value is -2.46. The number of nitrogens with one attached hydrogen (secondary N) is 1. The van der Waals surface area contributed by atoms with Gasteiger partial charge in [0.1, 0.15) is 11.2 Å². The zero-order valence-electron chi connectivity index (χ0n) is 17.5. The van der Waals surface area contributed by atoms with Crippen molar-refractivity contribution >= 4 is 16.9 Å². The largest absolute Gasteiger partial charge is 0.342 e. The van der Waals surface area contributed by atoms with Gasteiger partial charge in [-0.25, -0.2) is 27.2 Å². The molecule has 174 valence electrons. The van der Waals surface area contributed by atoms with Gasteiger partial charge in [-0.1, -0.05) is 0 Å². The van der Waals surface area contributed by atoms with E-state index < -0.39 is 17.8 Å². The van der Waals surface area contributed by atoms with Crippen LogP contribution in [0.2, 0.25) is 0 Å². The number of alkyl halides is 4. The van der Waals surface area contributed by atoms with Gasteiger partial charge in [-0.05, 0) is 25.7 Å². The van der Waals surface area contributed by atoms with Crippen molar-refractivity contribution < 1.29 is 22.4 Å². The van der Waals surface area contributed by atoms with E-state index in [1.54, 1.807) is 4.68 Å². The predicted octanol–water partition coefficient (Wildman–Crippen LogP) is 3.62. The van der Waals surface area contributed by atoms with Crippen molar-refractivity contribution in [1.82, 2.24) is 24.6 Å². The Kier molecular flexibility index (Phi) is 5.05. The summed E-state index contributed by atoms with van der Waals surface area (Å²) >= 11 is 0. The second kappa shape index (κ2) is 7.55. The van der Waals surface area contributed by atoms with Gasteiger partial charge in [0.05, 0.1) is 12.2 Å². The highest BCUT2D eigenvalue weighted by atomic mass is 19.3. The van der Waals surface area contributed by atoms with Crippen LogP contribution in [0.3, 0.4) is 0 Å². The third-order valence-electron chi connectivity index (χ3n) is 7.26. The van der Waals surface area contributed by atoms with Crippen LogP contribution in [0, 0.1) is 5.92 Å². The number of carbonyl (C=O) groups is 1. The van der Waals surface area contributed by atoms with E-state index in [0.717, 1.165) is 0 Å². The molecule has 1 amide bonds. The minimum atomic E-state index is -2.73. The van der Waals surface area contributed by atoms with Crippen LogP contribution in [-0.4, -0.2) is 55.5 Å². The Morgan fingerprint density at radius 3 is 2.28 bits per heavy atom. The minimum absolute atomic E-state index is 0.0249. The summed E-state index contributed by atoms with van der Waals surface area (Å²) in [6, 6.07) is -0.261. The number of rotatable bonds is 3. The first-order valence-corrected chi connectivity index (χ1v) is 11.2. The van der Waals surface area contributed by atoms with E-state index in [-0.39, 0.29) is 80.4 Å². The van der Waals surface area contributed by atoms with E-state index in [1.807, 2.05) is 0 Å². The third-order valence-corrected chi connectivity index (χ3v) is 7.26. The van der Waals surface area contributed by atoms with Gasteiger partial charge in [0.15, 0.2) is 5.65 Å². The van der Waals surface area contributed by atoms with Crippen LogP contribution in [0.1, 0.15) is 69.2 Å². The lowest BCUT2D eigenvalue weighted by Gasteiger charge is -2.40. The number of aromatic amines is 1. The van der Waals surface area contributed by atoms with Crippen LogP contribution in [-0.2, 0) is 4.79 Å². The number of halogens is 4. The topological polar surface area (TPSA) is 83.9 Å². The summed E-state index contributed by atoms with van der Waals surface area (Å²) in [6.45, 7) is 0.0498. The van der Waals surface area contributed by atoms with Gasteiger partial charge in [-0.3, -0.25) is 9.59 Å². The molecule has 1 aliphatic heterocycles. The number of H-pyrrole nitrogens is 1. The molecular formula is C21H25F4N5O2. The van der Waals surface area contributed by atoms with Crippen molar-refractivity contribution in [2.75, 3.05) is 13.1 Å². The first-order chi connectivity index (χ1) is 15.1. The zero-order chi connectivity index (χ0) is 22.7. The Labute approximate surface area is 181 Å². The van der Waals surface area contributed by atoms with Crippen LogP contribution in [0.15, 0.2) is 11.0 Å². The van der Waals surface area contributed by atoms with Crippen molar-refractivity contribution in [3.8, 4) is 0 Å². The Balaban J connectivity index is 1.38. The number of likely N-dealkylation sites (tertiary alicyclic amines) is 1. The highest BCUT2D eigenvalue weighted by Crippen LogP contribution is 2.43. The molecule has 2 aromatic heterocycles. The minimum Gasteiger partial charge on any atom is -0.342 e. The van der Waals surface area contributed by atoms with Crippen LogP contribution < -0.4 is 5.56 Å². The number of aromatic nitrogens is 4. The third kappa shape index (κ3) is 3.79. The summed E-state index contributed by atoms with van der Waals surface area (Å²) in [7, 11) is 0. The maximum Gasteiger partial charge on any atom is 0.262 e. The summed E-state index contributed by atoms with van der Waals surface area (Å²) < 4.78 is 55.6. The van der Waals surface area contributed by atoms with E-state index >= 15 is 0 Å². The number of amides is 1. The fourth-order valence-corrected chi connectivity index (χ4v) is 5.08. The van der Waals surface area contributed by atoms with Crippen molar-refractivity contribution in [2.45, 2.75) is 75.2 Å². The second-order valence-corrected chi connectivity index (χ2v) is 9.34. The van der Waals surface area contributed by atoms with Crippen molar-refractivity contribution in [2.24, 2.45) is 5.92 Å². The monoisotopic (exact) mass is 455 g/mol. The zero-order valence-corrected chi connectivity index (χ0v) is 17.5. The number of hydrogen-bond donors (Lipinski definition) is 1. The summed E-state index contributed by atoms with van der Waals surface area (Å²) in [5.41, 5.74) is -0.0391. The summed E-state index contributed by atoms with van der Waals surface area (Å²) in [4.78, 5) is 34.4. The number of nitrogens with zero attached hydrogens (tertiary/aromatic N) is 4. The van der Waals surface area contributed by atoms with Crippen LogP contribution >= 0.6 is 0 Å². The maximum atomic E-state index is 13.6. The van der Waals surface area contributed by atoms with Gasteiger partial charge < -0.3 is 9.88 Å². The molecule has 32 heavy (non-hydrogen) atoms. The summed E-state index contributed by atoms with van der Waals surface area (Å²) in [5, 5.41) is 4.54. The summed E-state index contributed by atoms with van der Waals surface area (Å²) in [6.07, 6.45) is 2.01. The smallest absolute Gasteiger partial charge is 0.262 e. The highest BCUT2D eigenvalue weighted by Gasteiger charge is 2.44. The van der Waals surface area contributed by atoms with Crippen molar-refractivity contribution in [1.29, 1.82) is 0 Å². The molecule has 0 radical (unpaired) electrons. The van der Waals surface area contributed by atoms with Gasteiger partial charge >= 0.3 is 0 Å². The molecule has 5 rings (SSSR count). The molecule has 1 N–H and O–H groups in total. The average molecular weight is 455 g/mol. The van der Waals surface area contributed by atoms with E-state index in [1.165, 1.54) is 11.1 Å². The second-order valence-electron chi connectivity index (χ2n) is 9.34. The van der Waals surface area contributed by atoms with Gasteiger partial charge in [0, 0.05) is 50.6 Å². The molecule has 0 unspecified atom stereocenters. The van der Waals surface area contributed by atoms with Crippen LogP contribution in [0.25, 0.3) is 11.0 Å². The molecule has 3 fully saturated rings. The average Bonchev–Trinajstić information content (AvgIpc) is 3.11. The fourth-order valence-electron chi connectivity index (χ4n) is 5.08. The molecule has 0 aromatic carbocycles. The summed E-state index contributed by atoms with van der Waals surface area (Å²) in [5.74, 6) is -5.92. The van der Waals surface area contributed by atoms with Gasteiger partial charge in [0.2, 0.25) is 11.8 Å². The lowest BCUT2D eigenvalue weighted by atomic mass is 9.72. The van der Waals surface area contributed by atoms with E-state index in [0.29, 0.717) is 24.3 Å². The maximum absolute atomic E-state index is 13.6. The Morgan fingerprint density at radius 2 is 1.66 bits per heavy atom. The van der Waals surface area contributed by atoms with E-state index in [2.05, 4.69) is 15.1 Å². The van der Waals surface area contributed by atoms with E-state index in [4.69, 9.17) is 0 Å². The lowest BCUT2D eigenvalue weighted by molar-refractivity contribution is -0.145. The molecule has 2 saturated carbocycles. The van der Waals surface area contributed by atoms with Crippen molar-refractivity contribution in [3.05, 3.63) is 22.4 Å². The molecule has 7 nitrogen and oxygen atoms in total. The normalized spacial score (nSPS) is 27.9. The molecule has 0 bridgehead atoms. The predicted molar refractivity (Wildman–Crippen MR) is 107 cm³/mol. The molecule has 2 aromatic rings. The molecule has 3 aliphatic rings. The van der Waals surface area contributed by atoms with Crippen LogP contribution in [0.5, 0.6) is 0 Å². The SMILES string of the molecule is O=C([C@H]1CC[C@@H]1c1nc2c(cnn2C2CCC(F)(F)CC2)c(=O)[nH]1)N1CCC(F)(F)CC1. The van der Waals surface area contributed by atoms with Gasteiger partial charge in [-0.15, -0.1) is 0 Å². The number of fused-ring (bicyclic) bond motifs is 1. The highest BCUT2D eigenvalue weighted by molar-refractivity contribution is 5.81. The number of hydrogen-bond acceptors (Lipinski definition) is 4. The molecular weight excluding hydrogens is 430 g/mol. The Morgan fingerprint density at radius 1 is 1.00 bits per heavy atom.